The minimum atomic E-state index is -3.46. The number of thiophene rings is 1. The van der Waals surface area contributed by atoms with Gasteiger partial charge in [0, 0.05) is 12.4 Å². The van der Waals surface area contributed by atoms with Crippen molar-refractivity contribution in [2.75, 3.05) is 25.6 Å². The maximum Gasteiger partial charge on any atom is 0.250 e. The molecule has 0 aliphatic heterocycles. The van der Waals surface area contributed by atoms with Crippen molar-refractivity contribution in [2.45, 2.75) is 4.21 Å². The van der Waals surface area contributed by atoms with E-state index in [4.69, 9.17) is 27.9 Å². The molecule has 4 nitrogen and oxygen atoms in total. The van der Waals surface area contributed by atoms with Gasteiger partial charge in [0.25, 0.3) is 0 Å². The zero-order valence-electron chi connectivity index (χ0n) is 8.28. The second-order valence-electron chi connectivity index (χ2n) is 2.76. The molecule has 1 aromatic rings. The van der Waals surface area contributed by atoms with Crippen molar-refractivity contribution < 1.29 is 13.2 Å². The van der Waals surface area contributed by atoms with Crippen LogP contribution >= 0.6 is 34.5 Å². The van der Waals surface area contributed by atoms with Crippen LogP contribution in [0.25, 0.3) is 0 Å². The van der Waals surface area contributed by atoms with Crippen molar-refractivity contribution in [1.29, 1.82) is 0 Å². The summed E-state index contributed by atoms with van der Waals surface area (Å²) < 4.78 is 31.4. The number of ether oxygens (including phenoxy) is 1. The largest absolute Gasteiger partial charge is 0.379 e. The summed E-state index contributed by atoms with van der Waals surface area (Å²) >= 11 is 12.1. The van der Waals surface area contributed by atoms with Gasteiger partial charge < -0.3 is 4.74 Å². The maximum absolute atomic E-state index is 11.6. The highest BCUT2D eigenvalue weighted by Gasteiger charge is 2.15. The monoisotopic (exact) mass is 303 g/mol. The third-order valence-electron chi connectivity index (χ3n) is 1.57. The van der Waals surface area contributed by atoms with E-state index in [9.17, 15) is 8.42 Å². The fourth-order valence-corrected chi connectivity index (χ4v) is 3.57. The fraction of sp³-hybridized carbons (Fsp3) is 0.500. The van der Waals surface area contributed by atoms with Crippen LogP contribution in [0.5, 0.6) is 0 Å². The molecular weight excluding hydrogens is 293 g/mol. The highest BCUT2D eigenvalue weighted by Crippen LogP contribution is 2.25. The molecule has 1 rings (SSSR count). The van der Waals surface area contributed by atoms with Crippen molar-refractivity contribution in [2.24, 2.45) is 0 Å². The van der Waals surface area contributed by atoms with E-state index in [1.165, 1.54) is 6.07 Å². The molecule has 1 aromatic heterocycles. The molecule has 0 fully saturated rings. The number of nitrogens with one attached hydrogen (secondary N) is 1. The Labute approximate surface area is 109 Å². The van der Waals surface area contributed by atoms with Crippen LogP contribution < -0.4 is 4.72 Å². The zero-order chi connectivity index (χ0) is 12.0. The number of hydrogen-bond acceptors (Lipinski definition) is 4. The summed E-state index contributed by atoms with van der Waals surface area (Å²) in [4.78, 5) is 0. The summed E-state index contributed by atoms with van der Waals surface area (Å²) in [5.74, 6) is 0.396. The van der Waals surface area contributed by atoms with Gasteiger partial charge in [0.05, 0.1) is 17.6 Å². The van der Waals surface area contributed by atoms with Crippen molar-refractivity contribution in [3.8, 4) is 0 Å². The molecule has 16 heavy (non-hydrogen) atoms. The Morgan fingerprint density at radius 2 is 2.12 bits per heavy atom. The molecule has 0 atom stereocenters. The first-order valence-corrected chi connectivity index (χ1v) is 7.66. The predicted octanol–water partition coefficient (Wildman–Crippen LogP) is 1.94. The Kier molecular flexibility index (Phi) is 6.02. The van der Waals surface area contributed by atoms with Gasteiger partial charge in [-0.1, -0.05) is 11.6 Å². The SMILES string of the molecule is O=S(=O)(NCCOCCCl)c1ccc(Cl)s1. The average Bonchev–Trinajstić information content (AvgIpc) is 2.65. The van der Waals surface area contributed by atoms with Gasteiger partial charge in [0.1, 0.15) is 4.21 Å². The molecule has 0 saturated heterocycles. The summed E-state index contributed by atoms with van der Waals surface area (Å²) in [6, 6.07) is 3.01. The molecule has 0 aliphatic carbocycles. The van der Waals surface area contributed by atoms with E-state index in [1.54, 1.807) is 6.07 Å². The molecule has 0 saturated carbocycles. The predicted molar refractivity (Wildman–Crippen MR) is 66.1 cm³/mol. The molecule has 0 unspecified atom stereocenters. The highest BCUT2D eigenvalue weighted by molar-refractivity contribution is 7.91. The molecule has 0 aliphatic rings. The number of sulfonamides is 1. The smallest absolute Gasteiger partial charge is 0.250 e. The first-order chi connectivity index (χ1) is 7.56. The Balaban J connectivity index is 2.41. The van der Waals surface area contributed by atoms with Crippen LogP contribution in [0, 0.1) is 0 Å². The molecule has 0 spiro atoms. The van der Waals surface area contributed by atoms with Crippen LogP contribution in [0.1, 0.15) is 0 Å². The normalized spacial score (nSPS) is 11.9. The van der Waals surface area contributed by atoms with Crippen LogP contribution in [0.2, 0.25) is 4.34 Å². The number of halogens is 2. The van der Waals surface area contributed by atoms with E-state index < -0.39 is 10.0 Å². The molecule has 1 N–H and O–H groups in total. The first kappa shape index (κ1) is 14.2. The van der Waals surface area contributed by atoms with E-state index in [-0.39, 0.29) is 10.8 Å². The minimum absolute atomic E-state index is 0.204. The lowest BCUT2D eigenvalue weighted by atomic mass is 10.7. The van der Waals surface area contributed by atoms with E-state index >= 15 is 0 Å². The number of hydrogen-bond donors (Lipinski definition) is 1. The van der Waals surface area contributed by atoms with Gasteiger partial charge in [0.15, 0.2) is 0 Å². The first-order valence-electron chi connectivity index (χ1n) is 4.45. The molecule has 0 bridgehead atoms. The van der Waals surface area contributed by atoms with Crippen LogP contribution in [0.3, 0.4) is 0 Å². The number of rotatable bonds is 7. The van der Waals surface area contributed by atoms with Gasteiger partial charge in [-0.25, -0.2) is 13.1 Å². The van der Waals surface area contributed by atoms with E-state index in [2.05, 4.69) is 4.72 Å². The average molecular weight is 304 g/mol. The Bertz CT molecular complexity index is 419. The van der Waals surface area contributed by atoms with Crippen LogP contribution in [-0.4, -0.2) is 34.1 Å². The Morgan fingerprint density at radius 3 is 2.69 bits per heavy atom. The molecular formula is C8H11Cl2NO3S2. The highest BCUT2D eigenvalue weighted by atomic mass is 35.5. The third kappa shape index (κ3) is 4.57. The molecule has 0 amide bonds. The molecule has 0 radical (unpaired) electrons. The van der Waals surface area contributed by atoms with E-state index in [1.807, 2.05) is 0 Å². The summed E-state index contributed by atoms with van der Waals surface area (Å²) in [7, 11) is -3.46. The quantitative estimate of drug-likeness (QED) is 0.618. The standard InChI is InChI=1S/C8H11Cl2NO3S2/c9-3-5-14-6-4-11-16(12,13)8-2-1-7(10)15-8/h1-2,11H,3-6H2. The van der Waals surface area contributed by atoms with Crippen molar-refractivity contribution >= 4 is 44.6 Å². The minimum Gasteiger partial charge on any atom is -0.379 e. The van der Waals surface area contributed by atoms with Crippen LogP contribution in [0.15, 0.2) is 16.3 Å². The van der Waals surface area contributed by atoms with Crippen LogP contribution in [-0.2, 0) is 14.8 Å². The Morgan fingerprint density at radius 1 is 1.38 bits per heavy atom. The second-order valence-corrected chi connectivity index (χ2v) is 6.84. The van der Waals surface area contributed by atoms with Gasteiger partial charge in [0.2, 0.25) is 10.0 Å². The summed E-state index contributed by atoms with van der Waals surface area (Å²) in [6.45, 7) is 0.925. The fourth-order valence-electron chi connectivity index (χ4n) is 0.918. The van der Waals surface area contributed by atoms with Gasteiger partial charge in [-0.15, -0.1) is 22.9 Å². The maximum atomic E-state index is 11.6. The number of alkyl halides is 1. The summed E-state index contributed by atoms with van der Waals surface area (Å²) in [5.41, 5.74) is 0. The van der Waals surface area contributed by atoms with Crippen LogP contribution in [0.4, 0.5) is 0 Å². The topological polar surface area (TPSA) is 55.4 Å². The zero-order valence-corrected chi connectivity index (χ0v) is 11.4. The summed E-state index contributed by atoms with van der Waals surface area (Å²) in [5, 5.41) is 0. The van der Waals surface area contributed by atoms with E-state index in [0.717, 1.165) is 11.3 Å². The lowest BCUT2D eigenvalue weighted by Crippen LogP contribution is -2.27. The van der Waals surface area contributed by atoms with Gasteiger partial charge in [-0.3, -0.25) is 0 Å². The molecule has 0 aromatic carbocycles. The molecule has 1 heterocycles. The van der Waals surface area contributed by atoms with Gasteiger partial charge >= 0.3 is 0 Å². The Hall–Kier alpha value is 0.150. The molecule has 8 heteroatoms. The second kappa shape index (κ2) is 6.78. The molecule has 92 valence electrons. The van der Waals surface area contributed by atoms with Gasteiger partial charge in [-0.05, 0) is 12.1 Å². The van der Waals surface area contributed by atoms with Gasteiger partial charge in [-0.2, -0.15) is 0 Å². The van der Waals surface area contributed by atoms with Crippen molar-refractivity contribution in [3.05, 3.63) is 16.5 Å². The van der Waals surface area contributed by atoms with Crippen molar-refractivity contribution in [3.63, 3.8) is 0 Å². The van der Waals surface area contributed by atoms with E-state index in [0.29, 0.717) is 23.4 Å². The van der Waals surface area contributed by atoms with Crippen molar-refractivity contribution in [1.82, 2.24) is 4.72 Å². The third-order valence-corrected chi connectivity index (χ3v) is 4.91. The summed E-state index contributed by atoms with van der Waals surface area (Å²) in [6.07, 6.45) is 0. The lowest BCUT2D eigenvalue weighted by Gasteiger charge is -2.04. The lowest BCUT2D eigenvalue weighted by molar-refractivity contribution is 0.155.